The van der Waals surface area contributed by atoms with E-state index in [4.69, 9.17) is 0 Å². The Morgan fingerprint density at radius 2 is 0.778 bits per heavy atom. The number of para-hydroxylation sites is 2. The zero-order chi connectivity index (χ0) is 41.7. The van der Waals surface area contributed by atoms with E-state index in [2.05, 4.69) is 252 Å². The van der Waals surface area contributed by atoms with Crippen molar-refractivity contribution >= 4 is 70.4 Å². The second kappa shape index (κ2) is 15.5. The third kappa shape index (κ3) is 6.58. The molecule has 0 saturated heterocycles. The van der Waals surface area contributed by atoms with Gasteiger partial charge in [-0.05, 0) is 129 Å². The highest BCUT2D eigenvalue weighted by Crippen LogP contribution is 2.46. The average molecular weight is 821 g/mol. The van der Waals surface area contributed by atoms with Crippen molar-refractivity contribution in [3.05, 3.63) is 243 Å². The SMILES string of the molecule is c1ccc(-c2cc(-c3ccccc3)cc(-c3ccc(N(c4ccc(-c5ccc6c(c5)c5ccccc5n6-c5ccccc5)cc4)c4cccc5c4sc4ccccc45)cc3)c2)cc1. The van der Waals surface area contributed by atoms with Gasteiger partial charge in [0.05, 0.1) is 21.4 Å². The van der Waals surface area contributed by atoms with E-state index in [0.29, 0.717) is 0 Å². The maximum absolute atomic E-state index is 2.43. The summed E-state index contributed by atoms with van der Waals surface area (Å²) >= 11 is 1.86. The van der Waals surface area contributed by atoms with Gasteiger partial charge in [0.15, 0.2) is 0 Å². The average Bonchev–Trinajstić information content (AvgIpc) is 3.91. The summed E-state index contributed by atoms with van der Waals surface area (Å²) in [5.74, 6) is 0. The molecule has 0 unspecified atom stereocenters. The fourth-order valence-electron chi connectivity index (χ4n) is 9.34. The van der Waals surface area contributed by atoms with Crippen LogP contribution in [0, 0.1) is 0 Å². The molecule has 296 valence electrons. The second-order valence-electron chi connectivity index (χ2n) is 16.1. The zero-order valence-corrected chi connectivity index (χ0v) is 35.2. The van der Waals surface area contributed by atoms with Crippen LogP contribution in [0.4, 0.5) is 17.1 Å². The van der Waals surface area contributed by atoms with Gasteiger partial charge in [-0.25, -0.2) is 0 Å². The van der Waals surface area contributed by atoms with E-state index in [1.165, 1.54) is 97.9 Å². The number of aromatic nitrogens is 1. The van der Waals surface area contributed by atoms with Crippen LogP contribution in [0.2, 0.25) is 0 Å². The lowest BCUT2D eigenvalue weighted by molar-refractivity contribution is 1.18. The highest BCUT2D eigenvalue weighted by atomic mass is 32.1. The maximum atomic E-state index is 2.43. The van der Waals surface area contributed by atoms with Gasteiger partial charge in [0.1, 0.15) is 0 Å². The van der Waals surface area contributed by atoms with E-state index in [0.717, 1.165) is 11.4 Å². The van der Waals surface area contributed by atoms with Gasteiger partial charge >= 0.3 is 0 Å². The molecule has 12 rings (SSSR count). The van der Waals surface area contributed by atoms with Crippen molar-refractivity contribution in [1.29, 1.82) is 0 Å². The second-order valence-corrected chi connectivity index (χ2v) is 17.2. The highest BCUT2D eigenvalue weighted by Gasteiger charge is 2.19. The molecule has 0 saturated carbocycles. The Morgan fingerprint density at radius 3 is 1.41 bits per heavy atom. The molecule has 0 bridgehead atoms. The molecule has 10 aromatic carbocycles. The quantitative estimate of drug-likeness (QED) is 0.148. The first-order chi connectivity index (χ1) is 31.2. The van der Waals surface area contributed by atoms with Crippen molar-refractivity contribution in [3.8, 4) is 50.2 Å². The fourth-order valence-corrected chi connectivity index (χ4v) is 10.5. The van der Waals surface area contributed by atoms with Crippen LogP contribution in [0.15, 0.2) is 243 Å². The molecule has 3 heteroatoms. The minimum absolute atomic E-state index is 1.11. The van der Waals surface area contributed by atoms with E-state index in [9.17, 15) is 0 Å². The smallest absolute Gasteiger partial charge is 0.0640 e. The van der Waals surface area contributed by atoms with Crippen molar-refractivity contribution in [3.63, 3.8) is 0 Å². The predicted octanol–water partition coefficient (Wildman–Crippen LogP) is 17.3. The summed E-state index contributed by atoms with van der Waals surface area (Å²) in [6, 6.07) is 88.3. The maximum Gasteiger partial charge on any atom is 0.0640 e. The number of benzene rings is 10. The minimum Gasteiger partial charge on any atom is -0.309 e. The van der Waals surface area contributed by atoms with Crippen LogP contribution in [-0.4, -0.2) is 4.57 Å². The Kier molecular flexibility index (Phi) is 9.06. The number of hydrogen-bond acceptors (Lipinski definition) is 2. The van der Waals surface area contributed by atoms with Crippen molar-refractivity contribution in [2.45, 2.75) is 0 Å². The Hall–Kier alpha value is -7.98. The molecule has 12 aromatic rings. The molecule has 0 aliphatic rings. The van der Waals surface area contributed by atoms with E-state index in [1.54, 1.807) is 0 Å². The number of fused-ring (bicyclic) bond motifs is 6. The lowest BCUT2D eigenvalue weighted by Gasteiger charge is -2.26. The molecule has 0 aliphatic carbocycles. The summed E-state index contributed by atoms with van der Waals surface area (Å²) < 4.78 is 4.94. The summed E-state index contributed by atoms with van der Waals surface area (Å²) in [7, 11) is 0. The van der Waals surface area contributed by atoms with Crippen LogP contribution in [0.1, 0.15) is 0 Å². The molecule has 0 atom stereocenters. The number of hydrogen-bond donors (Lipinski definition) is 0. The van der Waals surface area contributed by atoms with E-state index in [1.807, 2.05) is 11.3 Å². The molecule has 0 amide bonds. The first-order valence-electron chi connectivity index (χ1n) is 21.5. The number of anilines is 3. The highest BCUT2D eigenvalue weighted by molar-refractivity contribution is 7.26. The van der Waals surface area contributed by atoms with Crippen molar-refractivity contribution in [1.82, 2.24) is 4.57 Å². The number of nitrogens with zero attached hydrogens (tertiary/aromatic N) is 2. The molecule has 2 heterocycles. The Balaban J connectivity index is 0.966. The van der Waals surface area contributed by atoms with Gasteiger partial charge in [0.25, 0.3) is 0 Å². The molecule has 0 radical (unpaired) electrons. The third-order valence-electron chi connectivity index (χ3n) is 12.4. The first-order valence-corrected chi connectivity index (χ1v) is 22.3. The Bertz CT molecular complexity index is 3530. The molecular formula is C60H40N2S. The number of thiophene rings is 1. The summed E-state index contributed by atoms with van der Waals surface area (Å²) in [4.78, 5) is 2.43. The largest absolute Gasteiger partial charge is 0.309 e. The van der Waals surface area contributed by atoms with Crippen molar-refractivity contribution in [2.24, 2.45) is 0 Å². The van der Waals surface area contributed by atoms with Gasteiger partial charge in [-0.2, -0.15) is 0 Å². The van der Waals surface area contributed by atoms with Crippen LogP contribution in [0.3, 0.4) is 0 Å². The van der Waals surface area contributed by atoms with Crippen LogP contribution in [-0.2, 0) is 0 Å². The van der Waals surface area contributed by atoms with Gasteiger partial charge in [0, 0.05) is 43.3 Å². The molecule has 0 aliphatic heterocycles. The monoisotopic (exact) mass is 820 g/mol. The molecule has 2 aromatic heterocycles. The molecule has 2 nitrogen and oxygen atoms in total. The number of rotatable bonds is 8. The Labute approximate surface area is 370 Å². The minimum atomic E-state index is 1.11. The molecule has 0 spiro atoms. The van der Waals surface area contributed by atoms with Gasteiger partial charge < -0.3 is 9.47 Å². The summed E-state index contributed by atoms with van der Waals surface area (Å²) in [6.07, 6.45) is 0. The van der Waals surface area contributed by atoms with Gasteiger partial charge in [-0.15, -0.1) is 11.3 Å². The Morgan fingerprint density at radius 1 is 0.302 bits per heavy atom. The van der Waals surface area contributed by atoms with E-state index in [-0.39, 0.29) is 0 Å². The van der Waals surface area contributed by atoms with Gasteiger partial charge in [-0.1, -0.05) is 158 Å². The first kappa shape index (κ1) is 36.8. The van der Waals surface area contributed by atoms with Crippen LogP contribution < -0.4 is 4.90 Å². The van der Waals surface area contributed by atoms with Crippen molar-refractivity contribution < 1.29 is 0 Å². The van der Waals surface area contributed by atoms with Crippen LogP contribution in [0.5, 0.6) is 0 Å². The summed E-state index contributed by atoms with van der Waals surface area (Å²) in [6.45, 7) is 0. The normalized spacial score (nSPS) is 11.5. The lowest BCUT2D eigenvalue weighted by atomic mass is 9.93. The predicted molar refractivity (Wildman–Crippen MR) is 270 cm³/mol. The molecular weight excluding hydrogens is 781 g/mol. The van der Waals surface area contributed by atoms with Crippen LogP contribution in [0.25, 0.3) is 92.2 Å². The lowest BCUT2D eigenvalue weighted by Crippen LogP contribution is -2.10. The third-order valence-corrected chi connectivity index (χ3v) is 13.6. The van der Waals surface area contributed by atoms with Crippen molar-refractivity contribution in [2.75, 3.05) is 4.90 Å². The fraction of sp³-hybridized carbons (Fsp3) is 0. The molecule has 0 N–H and O–H groups in total. The van der Waals surface area contributed by atoms with Gasteiger partial charge in [-0.3, -0.25) is 0 Å². The van der Waals surface area contributed by atoms with E-state index >= 15 is 0 Å². The zero-order valence-electron chi connectivity index (χ0n) is 34.4. The van der Waals surface area contributed by atoms with E-state index < -0.39 is 0 Å². The molecule has 0 fully saturated rings. The van der Waals surface area contributed by atoms with Gasteiger partial charge in [0.2, 0.25) is 0 Å². The standard InChI is InChI=1S/C60H40N2S/c1-4-15-41(16-5-1)46-37-47(42-17-6-2-7-18-42)39-48(38-46)44-29-34-51(35-30-44)61(58-25-14-23-54-53-22-11-13-26-59(53)63-60(54)58)50-32-27-43(28-33-50)45-31-36-57-55(40-45)52-21-10-12-24-56(52)62(57)49-19-8-3-9-20-49/h1-40H. The summed E-state index contributed by atoms with van der Waals surface area (Å²) in [5.41, 5.74) is 16.5. The van der Waals surface area contributed by atoms with Crippen LogP contribution >= 0.6 is 11.3 Å². The summed E-state index contributed by atoms with van der Waals surface area (Å²) in [5, 5.41) is 5.07. The molecule has 63 heavy (non-hydrogen) atoms. The topological polar surface area (TPSA) is 8.17 Å².